The van der Waals surface area contributed by atoms with Gasteiger partial charge in [0, 0.05) is 11.3 Å². The Morgan fingerprint density at radius 3 is 2.60 bits per heavy atom. The molecule has 0 aliphatic rings. The lowest BCUT2D eigenvalue weighted by molar-refractivity contribution is -0.141. The summed E-state index contributed by atoms with van der Waals surface area (Å²) in [6, 6.07) is 0.985. The van der Waals surface area contributed by atoms with Gasteiger partial charge in [-0.1, -0.05) is 20.8 Å². The SMILES string of the molecule is CCc1cc2c(=O)n(C(CC)C(=O)O)c(CC)nc2s1. The average Bonchev–Trinajstić information content (AvgIpc) is 2.84. The first kappa shape index (κ1) is 14.7. The van der Waals surface area contributed by atoms with Crippen molar-refractivity contribution in [2.24, 2.45) is 0 Å². The van der Waals surface area contributed by atoms with Gasteiger partial charge in [0.1, 0.15) is 16.7 Å². The summed E-state index contributed by atoms with van der Waals surface area (Å²) in [7, 11) is 0. The summed E-state index contributed by atoms with van der Waals surface area (Å²) in [5.41, 5.74) is -0.239. The van der Waals surface area contributed by atoms with E-state index in [4.69, 9.17) is 0 Å². The second kappa shape index (κ2) is 5.75. The second-order valence-electron chi connectivity index (χ2n) is 4.60. The number of aromatic nitrogens is 2. The lowest BCUT2D eigenvalue weighted by Gasteiger charge is -2.17. The third kappa shape index (κ3) is 2.35. The van der Waals surface area contributed by atoms with E-state index in [0.717, 1.165) is 11.3 Å². The highest BCUT2D eigenvalue weighted by Crippen LogP contribution is 2.23. The van der Waals surface area contributed by atoms with Crippen LogP contribution in [-0.2, 0) is 17.6 Å². The molecule has 0 aliphatic heterocycles. The van der Waals surface area contributed by atoms with Crippen LogP contribution in [0.25, 0.3) is 10.2 Å². The molecule has 1 N–H and O–H groups in total. The van der Waals surface area contributed by atoms with Crippen LogP contribution in [0.2, 0.25) is 0 Å². The molecule has 5 nitrogen and oxygen atoms in total. The highest BCUT2D eigenvalue weighted by Gasteiger charge is 2.23. The standard InChI is InChI=1S/C14H18N2O3S/c1-4-8-7-9-12(20-8)15-11(6-3)16(13(9)17)10(5-2)14(18)19/h7,10H,4-6H2,1-3H3,(H,18,19). The predicted octanol–water partition coefficient (Wildman–Crippen LogP) is 2.62. The van der Waals surface area contributed by atoms with Crippen molar-refractivity contribution in [3.05, 3.63) is 27.1 Å². The predicted molar refractivity (Wildman–Crippen MR) is 79.6 cm³/mol. The minimum Gasteiger partial charge on any atom is -0.480 e. The first-order valence-electron chi connectivity index (χ1n) is 6.80. The Morgan fingerprint density at radius 2 is 2.10 bits per heavy atom. The van der Waals surface area contributed by atoms with E-state index in [1.807, 2.05) is 19.9 Å². The van der Waals surface area contributed by atoms with Crippen LogP contribution in [0.3, 0.4) is 0 Å². The van der Waals surface area contributed by atoms with Crippen LogP contribution in [0.5, 0.6) is 0 Å². The first-order valence-corrected chi connectivity index (χ1v) is 7.61. The number of carboxylic acid groups (broad SMARTS) is 1. The number of aliphatic carboxylic acids is 1. The van der Waals surface area contributed by atoms with E-state index in [2.05, 4.69) is 4.98 Å². The van der Waals surface area contributed by atoms with Gasteiger partial charge in [-0.05, 0) is 18.9 Å². The molecule has 108 valence electrons. The Bertz CT molecular complexity index is 702. The van der Waals surface area contributed by atoms with Crippen molar-refractivity contribution in [2.75, 3.05) is 0 Å². The van der Waals surface area contributed by atoms with Gasteiger partial charge in [0.05, 0.1) is 5.39 Å². The van der Waals surface area contributed by atoms with Crippen LogP contribution in [0.4, 0.5) is 0 Å². The number of fused-ring (bicyclic) bond motifs is 1. The number of thiophene rings is 1. The monoisotopic (exact) mass is 294 g/mol. The molecule has 2 rings (SSSR count). The lowest BCUT2D eigenvalue weighted by atomic mass is 10.2. The number of carbonyl (C=O) groups is 1. The number of hydrogen-bond acceptors (Lipinski definition) is 4. The van der Waals surface area contributed by atoms with Gasteiger partial charge in [0.25, 0.3) is 5.56 Å². The molecule has 0 spiro atoms. The Labute approximate surface area is 120 Å². The number of carboxylic acids is 1. The Hall–Kier alpha value is -1.69. The zero-order chi connectivity index (χ0) is 14.9. The molecule has 2 heterocycles. The van der Waals surface area contributed by atoms with Gasteiger partial charge in [-0.25, -0.2) is 9.78 Å². The van der Waals surface area contributed by atoms with Crippen LogP contribution < -0.4 is 5.56 Å². The van der Waals surface area contributed by atoms with Gasteiger partial charge in [0.2, 0.25) is 0 Å². The van der Waals surface area contributed by atoms with E-state index < -0.39 is 12.0 Å². The lowest BCUT2D eigenvalue weighted by Crippen LogP contribution is -2.32. The summed E-state index contributed by atoms with van der Waals surface area (Å²) in [5, 5.41) is 9.84. The first-order chi connectivity index (χ1) is 9.53. The summed E-state index contributed by atoms with van der Waals surface area (Å²) >= 11 is 1.51. The molecule has 20 heavy (non-hydrogen) atoms. The van der Waals surface area contributed by atoms with Crippen molar-refractivity contribution in [1.82, 2.24) is 9.55 Å². The van der Waals surface area contributed by atoms with Crippen molar-refractivity contribution in [3.8, 4) is 0 Å². The molecule has 1 unspecified atom stereocenters. The zero-order valence-electron chi connectivity index (χ0n) is 11.8. The third-order valence-electron chi connectivity index (χ3n) is 3.37. The number of nitrogens with zero attached hydrogens (tertiary/aromatic N) is 2. The zero-order valence-corrected chi connectivity index (χ0v) is 12.7. The molecule has 0 saturated carbocycles. The van der Waals surface area contributed by atoms with Crippen molar-refractivity contribution >= 4 is 27.5 Å². The molecule has 0 fully saturated rings. The molecule has 2 aromatic heterocycles. The fourth-order valence-corrected chi connectivity index (χ4v) is 3.28. The molecule has 0 saturated heterocycles. The van der Waals surface area contributed by atoms with E-state index >= 15 is 0 Å². The maximum atomic E-state index is 12.6. The van der Waals surface area contributed by atoms with Gasteiger partial charge < -0.3 is 5.11 Å². The third-order valence-corrected chi connectivity index (χ3v) is 4.54. The van der Waals surface area contributed by atoms with Crippen LogP contribution >= 0.6 is 11.3 Å². The Morgan fingerprint density at radius 1 is 1.40 bits per heavy atom. The summed E-state index contributed by atoms with van der Waals surface area (Å²) in [4.78, 5) is 30.3. The summed E-state index contributed by atoms with van der Waals surface area (Å²) in [6.07, 6.45) is 1.74. The van der Waals surface area contributed by atoms with E-state index in [-0.39, 0.29) is 5.56 Å². The molecule has 0 bridgehead atoms. The maximum Gasteiger partial charge on any atom is 0.326 e. The molecule has 6 heteroatoms. The molecular formula is C14H18N2O3S. The van der Waals surface area contributed by atoms with Gasteiger partial charge in [-0.15, -0.1) is 11.3 Å². The maximum absolute atomic E-state index is 12.6. The van der Waals surface area contributed by atoms with Crippen LogP contribution in [0.15, 0.2) is 10.9 Å². The average molecular weight is 294 g/mol. The van der Waals surface area contributed by atoms with Crippen LogP contribution in [0, 0.1) is 0 Å². The molecule has 0 aromatic carbocycles. The van der Waals surface area contributed by atoms with Crippen molar-refractivity contribution in [2.45, 2.75) is 46.1 Å². The second-order valence-corrected chi connectivity index (χ2v) is 5.72. The summed E-state index contributed by atoms with van der Waals surface area (Å²) in [5.74, 6) is -0.447. The molecule has 0 aliphatic carbocycles. The molecule has 2 aromatic rings. The molecule has 1 atom stereocenters. The highest BCUT2D eigenvalue weighted by molar-refractivity contribution is 7.18. The van der Waals surface area contributed by atoms with Crippen molar-refractivity contribution in [1.29, 1.82) is 0 Å². The van der Waals surface area contributed by atoms with E-state index in [1.54, 1.807) is 6.92 Å². The van der Waals surface area contributed by atoms with Crippen LogP contribution in [-0.4, -0.2) is 20.6 Å². The fraction of sp³-hybridized carbons (Fsp3) is 0.500. The summed E-state index contributed by atoms with van der Waals surface area (Å²) < 4.78 is 1.34. The minimum atomic E-state index is -0.989. The number of hydrogen-bond donors (Lipinski definition) is 1. The topological polar surface area (TPSA) is 72.2 Å². The normalized spacial score (nSPS) is 12.8. The van der Waals surface area contributed by atoms with Crippen molar-refractivity contribution in [3.63, 3.8) is 0 Å². The van der Waals surface area contributed by atoms with Gasteiger partial charge in [0.15, 0.2) is 0 Å². The number of aryl methyl sites for hydroxylation is 2. The highest BCUT2D eigenvalue weighted by atomic mass is 32.1. The summed E-state index contributed by atoms with van der Waals surface area (Å²) in [6.45, 7) is 5.67. The Kier molecular flexibility index (Phi) is 4.23. The number of rotatable bonds is 5. The quantitative estimate of drug-likeness (QED) is 0.920. The molecule has 0 radical (unpaired) electrons. The van der Waals surface area contributed by atoms with Gasteiger partial charge in [-0.3, -0.25) is 9.36 Å². The minimum absolute atomic E-state index is 0.239. The van der Waals surface area contributed by atoms with Gasteiger partial charge >= 0.3 is 5.97 Å². The van der Waals surface area contributed by atoms with Crippen molar-refractivity contribution < 1.29 is 9.90 Å². The van der Waals surface area contributed by atoms with E-state index in [0.29, 0.717) is 28.9 Å². The smallest absolute Gasteiger partial charge is 0.326 e. The Balaban J connectivity index is 2.78. The van der Waals surface area contributed by atoms with E-state index in [1.165, 1.54) is 15.9 Å². The van der Waals surface area contributed by atoms with Gasteiger partial charge in [-0.2, -0.15) is 0 Å². The molecular weight excluding hydrogens is 276 g/mol. The largest absolute Gasteiger partial charge is 0.480 e. The van der Waals surface area contributed by atoms with Crippen LogP contribution in [0.1, 0.15) is 43.9 Å². The fourth-order valence-electron chi connectivity index (χ4n) is 2.30. The molecule has 0 amide bonds. The van der Waals surface area contributed by atoms with E-state index in [9.17, 15) is 14.7 Å².